The van der Waals surface area contributed by atoms with Crippen LogP contribution in [0.5, 0.6) is 0 Å². The van der Waals surface area contributed by atoms with Gasteiger partial charge in [-0.25, -0.2) is 9.37 Å². The maximum absolute atomic E-state index is 13.4. The molecule has 33 heavy (non-hydrogen) atoms. The number of anilines is 2. The standard InChI is InChI=1S/C25H32FN5O2/c1-18-6-13-23(29-28-18)33-15-14-30(5)22-12-7-19(16-27-22)17-31(24(32)25(2,3)4)21-10-8-20(26)9-11-21/h6-13,16,28-29H,14-15,17H2,1-5H3. The third-order valence-corrected chi connectivity index (χ3v) is 5.12. The molecule has 0 saturated heterocycles. The van der Waals surface area contributed by atoms with Crippen LogP contribution < -0.4 is 20.7 Å². The van der Waals surface area contributed by atoms with Crippen LogP contribution in [0.4, 0.5) is 15.9 Å². The largest absolute Gasteiger partial charge is 0.476 e. The van der Waals surface area contributed by atoms with Crippen molar-refractivity contribution in [2.75, 3.05) is 30.0 Å². The van der Waals surface area contributed by atoms with Gasteiger partial charge in [-0.1, -0.05) is 26.8 Å². The Labute approximate surface area is 194 Å². The summed E-state index contributed by atoms with van der Waals surface area (Å²) in [4.78, 5) is 21.3. The molecule has 0 aliphatic carbocycles. The number of amides is 1. The first-order chi connectivity index (χ1) is 15.6. The van der Waals surface area contributed by atoms with E-state index >= 15 is 0 Å². The number of pyridine rings is 1. The number of nitrogens with zero attached hydrogens (tertiary/aromatic N) is 3. The molecule has 1 aliphatic rings. The zero-order chi connectivity index (χ0) is 24.0. The van der Waals surface area contributed by atoms with E-state index in [9.17, 15) is 9.18 Å². The van der Waals surface area contributed by atoms with Crippen LogP contribution in [-0.2, 0) is 16.1 Å². The Bertz CT molecular complexity index is 1010. The number of aromatic nitrogens is 1. The molecule has 2 aromatic rings. The van der Waals surface area contributed by atoms with Crippen LogP contribution in [0.25, 0.3) is 0 Å². The minimum absolute atomic E-state index is 0.0439. The van der Waals surface area contributed by atoms with E-state index in [0.29, 0.717) is 31.3 Å². The van der Waals surface area contributed by atoms with Gasteiger partial charge in [-0.15, -0.1) is 0 Å². The Kier molecular flexibility index (Phi) is 7.58. The van der Waals surface area contributed by atoms with E-state index in [1.807, 2.05) is 63.9 Å². The van der Waals surface area contributed by atoms with Gasteiger partial charge in [0.2, 0.25) is 11.8 Å². The van der Waals surface area contributed by atoms with Crippen molar-refractivity contribution >= 4 is 17.4 Å². The van der Waals surface area contributed by atoms with Crippen molar-refractivity contribution in [1.82, 2.24) is 15.8 Å². The van der Waals surface area contributed by atoms with Crippen LogP contribution in [0.2, 0.25) is 0 Å². The Morgan fingerprint density at radius 2 is 1.82 bits per heavy atom. The number of hydrogen-bond donors (Lipinski definition) is 2. The monoisotopic (exact) mass is 453 g/mol. The quantitative estimate of drug-likeness (QED) is 0.627. The minimum atomic E-state index is -0.575. The fraction of sp³-hybridized carbons (Fsp3) is 0.360. The number of likely N-dealkylation sites (N-methyl/N-ethyl adjacent to an activating group) is 1. The van der Waals surface area contributed by atoms with Crippen LogP contribution in [-0.4, -0.2) is 31.1 Å². The number of benzene rings is 1. The lowest BCUT2D eigenvalue weighted by molar-refractivity contribution is -0.125. The lowest BCUT2D eigenvalue weighted by atomic mass is 9.94. The van der Waals surface area contributed by atoms with Gasteiger partial charge in [-0.2, -0.15) is 0 Å². The van der Waals surface area contributed by atoms with Crippen molar-refractivity contribution in [3.63, 3.8) is 0 Å². The van der Waals surface area contributed by atoms with E-state index in [1.165, 1.54) is 12.1 Å². The number of nitrogens with one attached hydrogen (secondary N) is 2. The van der Waals surface area contributed by atoms with Crippen LogP contribution in [0.15, 0.2) is 66.3 Å². The first kappa shape index (κ1) is 24.1. The molecule has 1 amide bonds. The maximum atomic E-state index is 13.4. The first-order valence-electron chi connectivity index (χ1n) is 10.9. The molecule has 2 N–H and O–H groups in total. The van der Waals surface area contributed by atoms with Gasteiger partial charge >= 0.3 is 0 Å². The lowest BCUT2D eigenvalue weighted by Crippen LogP contribution is -2.39. The molecule has 1 aromatic heterocycles. The Morgan fingerprint density at radius 1 is 1.09 bits per heavy atom. The van der Waals surface area contributed by atoms with Crippen molar-refractivity contribution in [3.05, 3.63) is 77.7 Å². The second kappa shape index (κ2) is 10.4. The number of ether oxygens (including phenoxy) is 1. The molecule has 1 aromatic carbocycles. The van der Waals surface area contributed by atoms with E-state index in [1.54, 1.807) is 23.2 Å². The summed E-state index contributed by atoms with van der Waals surface area (Å²) in [6, 6.07) is 9.85. The summed E-state index contributed by atoms with van der Waals surface area (Å²) in [5.74, 6) is 1.09. The molecule has 0 radical (unpaired) electrons. The van der Waals surface area contributed by atoms with Crippen LogP contribution in [0, 0.1) is 11.2 Å². The molecular formula is C25H32FN5O2. The number of hydrazine groups is 1. The average Bonchev–Trinajstić information content (AvgIpc) is 2.79. The minimum Gasteiger partial charge on any atom is -0.476 e. The van der Waals surface area contributed by atoms with E-state index in [0.717, 1.165) is 17.1 Å². The van der Waals surface area contributed by atoms with Crippen LogP contribution in [0.1, 0.15) is 33.3 Å². The highest BCUT2D eigenvalue weighted by molar-refractivity contribution is 5.96. The summed E-state index contributed by atoms with van der Waals surface area (Å²) < 4.78 is 19.1. The second-order valence-electron chi connectivity index (χ2n) is 9.04. The molecule has 0 atom stereocenters. The van der Waals surface area contributed by atoms with Gasteiger partial charge in [0.25, 0.3) is 0 Å². The summed E-state index contributed by atoms with van der Waals surface area (Å²) in [6.45, 7) is 9.07. The lowest BCUT2D eigenvalue weighted by Gasteiger charge is -2.30. The van der Waals surface area contributed by atoms with Crippen molar-refractivity contribution in [3.8, 4) is 0 Å². The summed E-state index contributed by atoms with van der Waals surface area (Å²) in [6.07, 6.45) is 5.59. The summed E-state index contributed by atoms with van der Waals surface area (Å²) in [5.41, 5.74) is 7.96. The number of rotatable bonds is 8. The second-order valence-corrected chi connectivity index (χ2v) is 9.04. The van der Waals surface area contributed by atoms with Gasteiger partial charge in [0, 0.05) is 36.1 Å². The molecule has 0 unspecified atom stereocenters. The van der Waals surface area contributed by atoms with Gasteiger partial charge in [-0.3, -0.25) is 10.2 Å². The van der Waals surface area contributed by atoms with Gasteiger partial charge in [0.1, 0.15) is 18.2 Å². The van der Waals surface area contributed by atoms with Crippen molar-refractivity contribution in [2.24, 2.45) is 5.41 Å². The zero-order valence-corrected chi connectivity index (χ0v) is 19.9. The molecule has 7 nitrogen and oxygen atoms in total. The summed E-state index contributed by atoms with van der Waals surface area (Å²) in [5, 5.41) is 0. The van der Waals surface area contributed by atoms with E-state index in [-0.39, 0.29) is 11.7 Å². The highest BCUT2D eigenvalue weighted by atomic mass is 19.1. The van der Waals surface area contributed by atoms with Crippen molar-refractivity contribution in [2.45, 2.75) is 34.2 Å². The van der Waals surface area contributed by atoms with Crippen LogP contribution >= 0.6 is 0 Å². The number of halogens is 1. The highest BCUT2D eigenvalue weighted by Gasteiger charge is 2.28. The molecule has 176 valence electrons. The number of hydrogen-bond acceptors (Lipinski definition) is 6. The molecule has 0 bridgehead atoms. The smallest absolute Gasteiger partial charge is 0.232 e. The number of carbonyl (C=O) groups excluding carboxylic acids is 1. The number of carbonyl (C=O) groups is 1. The fourth-order valence-corrected chi connectivity index (χ4v) is 3.16. The average molecular weight is 454 g/mol. The molecule has 2 heterocycles. The third kappa shape index (κ3) is 6.71. The van der Waals surface area contributed by atoms with Gasteiger partial charge in [0.15, 0.2) is 0 Å². The molecule has 0 saturated carbocycles. The topological polar surface area (TPSA) is 69.7 Å². The van der Waals surface area contributed by atoms with Gasteiger partial charge < -0.3 is 20.0 Å². The summed E-state index contributed by atoms with van der Waals surface area (Å²) in [7, 11) is 1.95. The number of allylic oxidation sites excluding steroid dienone is 3. The predicted molar refractivity (Wildman–Crippen MR) is 129 cm³/mol. The summed E-state index contributed by atoms with van der Waals surface area (Å²) >= 11 is 0. The molecule has 8 heteroatoms. The van der Waals surface area contributed by atoms with E-state index in [2.05, 4.69) is 15.8 Å². The zero-order valence-electron chi connectivity index (χ0n) is 19.9. The molecule has 0 spiro atoms. The molecular weight excluding hydrogens is 421 g/mol. The normalized spacial score (nSPS) is 13.3. The maximum Gasteiger partial charge on any atom is 0.232 e. The SMILES string of the molecule is CC1=CC=C(OCCN(C)c2ccc(CN(C(=O)C(C)(C)C)c3ccc(F)cc3)cn2)NN1. The third-order valence-electron chi connectivity index (χ3n) is 5.12. The van der Waals surface area contributed by atoms with Crippen LogP contribution in [0.3, 0.4) is 0 Å². The Morgan fingerprint density at radius 3 is 2.39 bits per heavy atom. The van der Waals surface area contributed by atoms with Crippen molar-refractivity contribution in [1.29, 1.82) is 0 Å². The van der Waals surface area contributed by atoms with Gasteiger partial charge in [0.05, 0.1) is 13.1 Å². The molecule has 0 fully saturated rings. The fourth-order valence-electron chi connectivity index (χ4n) is 3.16. The van der Waals surface area contributed by atoms with Crippen molar-refractivity contribution < 1.29 is 13.9 Å². The van der Waals surface area contributed by atoms with E-state index in [4.69, 9.17) is 4.74 Å². The Hall–Kier alpha value is -3.55. The first-order valence-corrected chi connectivity index (χ1v) is 10.9. The predicted octanol–water partition coefficient (Wildman–Crippen LogP) is 4.11. The van der Waals surface area contributed by atoms with E-state index < -0.39 is 5.41 Å². The highest BCUT2D eigenvalue weighted by Crippen LogP contribution is 2.26. The Balaban J connectivity index is 1.63. The molecule has 1 aliphatic heterocycles. The van der Waals surface area contributed by atoms with Gasteiger partial charge in [-0.05, 0) is 48.9 Å². The molecule has 3 rings (SSSR count).